The van der Waals surface area contributed by atoms with Crippen molar-refractivity contribution in [3.05, 3.63) is 77.9 Å². The second kappa shape index (κ2) is 6.80. The van der Waals surface area contributed by atoms with E-state index in [1.54, 1.807) is 0 Å². The number of hydrogen-bond acceptors (Lipinski definition) is 2. The Morgan fingerprint density at radius 2 is 1.77 bits per heavy atom. The average molecular weight is 294 g/mol. The molecule has 2 nitrogen and oxygen atoms in total. The lowest BCUT2D eigenvalue weighted by atomic mass is 9.93. The molecule has 22 heavy (non-hydrogen) atoms. The highest BCUT2D eigenvalue weighted by Gasteiger charge is 2.24. The van der Waals surface area contributed by atoms with Gasteiger partial charge in [-0.2, -0.15) is 0 Å². The molecule has 1 saturated heterocycles. The number of ether oxygens (including phenoxy) is 2. The van der Waals surface area contributed by atoms with Gasteiger partial charge in [-0.1, -0.05) is 66.7 Å². The van der Waals surface area contributed by atoms with E-state index >= 15 is 0 Å². The third-order valence-electron chi connectivity index (χ3n) is 4.15. The highest BCUT2D eigenvalue weighted by atomic mass is 16.7. The molecule has 0 radical (unpaired) electrons. The lowest BCUT2D eigenvalue weighted by Gasteiger charge is -2.30. The Balaban J connectivity index is 1.53. The van der Waals surface area contributed by atoms with Crippen LogP contribution in [-0.4, -0.2) is 12.9 Å². The summed E-state index contributed by atoms with van der Waals surface area (Å²) in [6, 6.07) is 18.7. The molecular weight excluding hydrogens is 272 g/mol. The monoisotopic (exact) mass is 294 g/mol. The molecule has 0 N–H and O–H groups in total. The molecule has 2 atom stereocenters. The molecule has 2 heteroatoms. The largest absolute Gasteiger partial charge is 0.465 e. The van der Waals surface area contributed by atoms with Gasteiger partial charge in [0.1, 0.15) is 5.76 Å². The van der Waals surface area contributed by atoms with E-state index in [1.165, 1.54) is 11.1 Å². The molecule has 2 aromatic carbocycles. The lowest BCUT2D eigenvalue weighted by Crippen LogP contribution is -2.26. The van der Waals surface area contributed by atoms with Crippen molar-refractivity contribution in [3.63, 3.8) is 0 Å². The fourth-order valence-corrected chi connectivity index (χ4v) is 2.77. The van der Waals surface area contributed by atoms with Crippen molar-refractivity contribution in [1.29, 1.82) is 0 Å². The summed E-state index contributed by atoms with van der Waals surface area (Å²) >= 11 is 0. The molecule has 0 aromatic heterocycles. The summed E-state index contributed by atoms with van der Waals surface area (Å²) in [5, 5.41) is 0. The maximum Gasteiger partial charge on any atom is 0.199 e. The summed E-state index contributed by atoms with van der Waals surface area (Å²) in [7, 11) is 0. The van der Waals surface area contributed by atoms with Gasteiger partial charge in [-0.3, -0.25) is 0 Å². The van der Waals surface area contributed by atoms with Crippen LogP contribution in [0.5, 0.6) is 0 Å². The lowest BCUT2D eigenvalue weighted by molar-refractivity contribution is -0.127. The Bertz CT molecular complexity index is 608. The fraction of sp³-hybridized carbons (Fsp3) is 0.300. The quantitative estimate of drug-likeness (QED) is 0.746. The third kappa shape index (κ3) is 3.58. The summed E-state index contributed by atoms with van der Waals surface area (Å²) in [5.41, 5.74) is 3.59. The van der Waals surface area contributed by atoms with Crippen molar-refractivity contribution in [2.75, 3.05) is 6.61 Å². The van der Waals surface area contributed by atoms with Crippen LogP contribution in [0.4, 0.5) is 0 Å². The molecule has 3 rings (SSSR count). The maximum absolute atomic E-state index is 5.88. The van der Waals surface area contributed by atoms with Gasteiger partial charge < -0.3 is 9.47 Å². The molecule has 0 spiro atoms. The summed E-state index contributed by atoms with van der Waals surface area (Å²) in [6.07, 6.45) is 1.79. The van der Waals surface area contributed by atoms with E-state index in [2.05, 4.69) is 49.9 Å². The van der Waals surface area contributed by atoms with E-state index in [4.69, 9.17) is 9.47 Å². The molecule has 0 unspecified atom stereocenters. The zero-order valence-corrected chi connectivity index (χ0v) is 13.0. The topological polar surface area (TPSA) is 18.5 Å². The predicted octanol–water partition coefficient (Wildman–Crippen LogP) is 4.90. The van der Waals surface area contributed by atoms with Crippen LogP contribution in [0.1, 0.15) is 35.4 Å². The van der Waals surface area contributed by atoms with Gasteiger partial charge in [0.2, 0.25) is 0 Å². The molecule has 2 aromatic rings. The van der Waals surface area contributed by atoms with Crippen LogP contribution >= 0.6 is 0 Å². The van der Waals surface area contributed by atoms with Gasteiger partial charge in [-0.25, -0.2) is 0 Å². The molecule has 114 valence electrons. The van der Waals surface area contributed by atoms with Crippen molar-refractivity contribution < 1.29 is 9.47 Å². The maximum atomic E-state index is 5.88. The number of aryl methyl sites for hydroxylation is 1. The van der Waals surface area contributed by atoms with E-state index in [0.717, 1.165) is 18.4 Å². The second-order valence-electron chi connectivity index (χ2n) is 5.85. The molecule has 0 amide bonds. The van der Waals surface area contributed by atoms with Crippen LogP contribution in [0, 0.1) is 6.92 Å². The van der Waals surface area contributed by atoms with Gasteiger partial charge in [0, 0.05) is 17.9 Å². The van der Waals surface area contributed by atoms with Crippen LogP contribution in [0.3, 0.4) is 0 Å². The number of benzene rings is 2. The average Bonchev–Trinajstić information content (AvgIpc) is 2.57. The van der Waals surface area contributed by atoms with Crippen molar-refractivity contribution in [1.82, 2.24) is 0 Å². The summed E-state index contributed by atoms with van der Waals surface area (Å²) < 4.78 is 11.8. The first-order chi connectivity index (χ1) is 10.7. The predicted molar refractivity (Wildman–Crippen MR) is 89.5 cm³/mol. The minimum Gasteiger partial charge on any atom is -0.465 e. The van der Waals surface area contributed by atoms with Gasteiger partial charge in [-0.15, -0.1) is 0 Å². The zero-order valence-electron chi connectivity index (χ0n) is 13.0. The van der Waals surface area contributed by atoms with Crippen LogP contribution in [0.15, 0.2) is 61.2 Å². The standard InChI is InChI=1S/C20H22O2/c1-15-8-10-17(11-9-15)16(2)22-20-13-12-19(14-21-20)18-6-4-3-5-7-18/h3-11,19-20H,2,12-14H2,1H3/t19-,20-/m0/s1. The Kier molecular flexibility index (Phi) is 4.59. The Morgan fingerprint density at radius 3 is 2.41 bits per heavy atom. The van der Waals surface area contributed by atoms with E-state index in [0.29, 0.717) is 18.3 Å². The molecule has 0 aliphatic carbocycles. The van der Waals surface area contributed by atoms with Gasteiger partial charge in [-0.05, 0) is 18.9 Å². The smallest absolute Gasteiger partial charge is 0.199 e. The molecule has 0 bridgehead atoms. The normalized spacial score (nSPS) is 21.3. The fourth-order valence-electron chi connectivity index (χ4n) is 2.77. The Labute approximate surface area is 132 Å². The van der Waals surface area contributed by atoms with Crippen LogP contribution < -0.4 is 0 Å². The minimum absolute atomic E-state index is 0.186. The van der Waals surface area contributed by atoms with Crippen molar-refractivity contribution in [2.24, 2.45) is 0 Å². The molecule has 1 fully saturated rings. The first kappa shape index (κ1) is 14.9. The van der Waals surface area contributed by atoms with Gasteiger partial charge in [0.25, 0.3) is 0 Å². The highest BCUT2D eigenvalue weighted by Crippen LogP contribution is 2.30. The summed E-state index contributed by atoms with van der Waals surface area (Å²) in [6.45, 7) is 6.80. The van der Waals surface area contributed by atoms with E-state index in [-0.39, 0.29) is 6.29 Å². The second-order valence-corrected chi connectivity index (χ2v) is 5.85. The molecule has 1 aliphatic rings. The molecule has 1 aliphatic heterocycles. The third-order valence-corrected chi connectivity index (χ3v) is 4.15. The van der Waals surface area contributed by atoms with Crippen molar-refractivity contribution >= 4 is 5.76 Å². The van der Waals surface area contributed by atoms with E-state index in [1.807, 2.05) is 18.2 Å². The van der Waals surface area contributed by atoms with Crippen LogP contribution in [0.25, 0.3) is 5.76 Å². The SMILES string of the molecule is C=C(O[C@H]1CC[C@H](c2ccccc2)CO1)c1ccc(C)cc1. The first-order valence-electron chi connectivity index (χ1n) is 7.81. The molecule has 0 saturated carbocycles. The van der Waals surface area contributed by atoms with Crippen LogP contribution in [0.2, 0.25) is 0 Å². The molecule has 1 heterocycles. The summed E-state index contributed by atoms with van der Waals surface area (Å²) in [4.78, 5) is 0. The first-order valence-corrected chi connectivity index (χ1v) is 7.81. The zero-order chi connectivity index (χ0) is 15.4. The minimum atomic E-state index is -0.186. The van der Waals surface area contributed by atoms with E-state index in [9.17, 15) is 0 Å². The van der Waals surface area contributed by atoms with Crippen molar-refractivity contribution in [3.8, 4) is 0 Å². The number of rotatable bonds is 4. The molecular formula is C20H22O2. The Hall–Kier alpha value is -2.06. The van der Waals surface area contributed by atoms with E-state index < -0.39 is 0 Å². The van der Waals surface area contributed by atoms with Crippen LogP contribution in [-0.2, 0) is 9.47 Å². The van der Waals surface area contributed by atoms with Gasteiger partial charge in [0.15, 0.2) is 6.29 Å². The van der Waals surface area contributed by atoms with Gasteiger partial charge in [0.05, 0.1) is 6.61 Å². The Morgan fingerprint density at radius 1 is 1.05 bits per heavy atom. The van der Waals surface area contributed by atoms with Gasteiger partial charge >= 0.3 is 0 Å². The van der Waals surface area contributed by atoms with Crippen molar-refractivity contribution in [2.45, 2.75) is 32.0 Å². The highest BCUT2D eigenvalue weighted by molar-refractivity contribution is 5.57. The number of hydrogen-bond donors (Lipinski definition) is 0. The summed E-state index contributed by atoms with van der Waals surface area (Å²) in [5.74, 6) is 1.15.